The highest BCUT2D eigenvalue weighted by Gasteiger charge is 2.19. The van der Waals surface area contributed by atoms with Gasteiger partial charge in [-0.15, -0.1) is 0 Å². The van der Waals surface area contributed by atoms with Crippen LogP contribution in [0, 0.1) is 0 Å². The minimum atomic E-state index is -0.562. The molecule has 0 bridgehead atoms. The molecule has 1 amide bonds. The number of nitrogens with one attached hydrogen (secondary N) is 1. The highest BCUT2D eigenvalue weighted by molar-refractivity contribution is 5.98. The van der Waals surface area contributed by atoms with Gasteiger partial charge in [0.15, 0.2) is 5.78 Å². The first-order chi connectivity index (χ1) is 14.2. The van der Waals surface area contributed by atoms with E-state index in [1.807, 2.05) is 63.2 Å². The van der Waals surface area contributed by atoms with Gasteiger partial charge in [-0.25, -0.2) is 4.79 Å². The predicted octanol–water partition coefficient (Wildman–Crippen LogP) is 6.24. The Balaban J connectivity index is 1.73. The lowest BCUT2D eigenvalue weighted by molar-refractivity contribution is 0.0523. The number of Topliss-reactive ketones (excluding diaryl/α,β-unsaturated/α-hetero) is 1. The summed E-state index contributed by atoms with van der Waals surface area (Å²) in [5.41, 5.74) is 2.04. The van der Waals surface area contributed by atoms with Crippen molar-refractivity contribution in [2.75, 3.05) is 0 Å². The number of ketones is 1. The van der Waals surface area contributed by atoms with Gasteiger partial charge < -0.3 is 10.1 Å². The summed E-state index contributed by atoms with van der Waals surface area (Å²) in [5.74, 6) is 0.146. The zero-order chi connectivity index (χ0) is 21.7. The Kier molecular flexibility index (Phi) is 6.56. The van der Waals surface area contributed by atoms with E-state index in [1.54, 1.807) is 0 Å². The fourth-order valence-corrected chi connectivity index (χ4v) is 3.61. The van der Waals surface area contributed by atoms with Gasteiger partial charge in [-0.3, -0.25) is 4.79 Å². The summed E-state index contributed by atoms with van der Waals surface area (Å²) in [4.78, 5) is 25.1. The summed E-state index contributed by atoms with van der Waals surface area (Å²) in [6, 6.07) is 21.9. The summed E-state index contributed by atoms with van der Waals surface area (Å²) in [6.45, 7) is 7.79. The molecule has 0 aliphatic rings. The molecule has 0 aliphatic carbocycles. The van der Waals surface area contributed by atoms with Crippen molar-refractivity contribution in [3.05, 3.63) is 83.4 Å². The molecule has 1 atom stereocenters. The van der Waals surface area contributed by atoms with E-state index in [1.165, 1.54) is 16.3 Å². The number of carbonyl (C=O) groups is 2. The number of alkyl carbamates (subject to hydrolysis) is 1. The van der Waals surface area contributed by atoms with E-state index in [9.17, 15) is 9.59 Å². The van der Waals surface area contributed by atoms with E-state index in [4.69, 9.17) is 4.74 Å². The Morgan fingerprint density at radius 3 is 2.37 bits per heavy atom. The molecule has 0 saturated heterocycles. The van der Waals surface area contributed by atoms with Gasteiger partial charge in [0.1, 0.15) is 5.60 Å². The third-order valence-electron chi connectivity index (χ3n) is 4.99. The molecule has 0 aliphatic heterocycles. The van der Waals surface area contributed by atoms with Gasteiger partial charge in [-0.1, -0.05) is 73.7 Å². The van der Waals surface area contributed by atoms with Crippen LogP contribution in [0.1, 0.15) is 61.5 Å². The van der Waals surface area contributed by atoms with Gasteiger partial charge in [-0.2, -0.15) is 0 Å². The van der Waals surface area contributed by atoms with Crippen molar-refractivity contribution in [2.45, 2.75) is 52.2 Å². The van der Waals surface area contributed by atoms with Crippen LogP contribution in [0.2, 0.25) is 0 Å². The normalized spacial score (nSPS) is 12.4. The van der Waals surface area contributed by atoms with Gasteiger partial charge in [0, 0.05) is 18.5 Å². The van der Waals surface area contributed by atoms with Crippen LogP contribution in [-0.2, 0) is 11.3 Å². The number of fused-ring (bicyclic) bond motifs is 1. The quantitative estimate of drug-likeness (QED) is 0.496. The summed E-state index contributed by atoms with van der Waals surface area (Å²) in [7, 11) is 0. The lowest BCUT2D eigenvalue weighted by atomic mass is 9.89. The van der Waals surface area contributed by atoms with Crippen LogP contribution in [-0.4, -0.2) is 17.5 Å². The molecule has 3 rings (SSSR count). The maximum Gasteiger partial charge on any atom is 0.407 e. The van der Waals surface area contributed by atoms with E-state index in [0.717, 1.165) is 5.56 Å². The zero-order valence-corrected chi connectivity index (χ0v) is 18.1. The Morgan fingerprint density at radius 2 is 1.60 bits per heavy atom. The van der Waals surface area contributed by atoms with Crippen LogP contribution in [0.5, 0.6) is 0 Å². The second-order valence-corrected chi connectivity index (χ2v) is 8.61. The van der Waals surface area contributed by atoms with E-state index < -0.39 is 11.7 Å². The topological polar surface area (TPSA) is 55.4 Å². The van der Waals surface area contributed by atoms with Gasteiger partial charge in [0.25, 0.3) is 0 Å². The van der Waals surface area contributed by atoms with Crippen molar-refractivity contribution in [2.24, 2.45) is 0 Å². The molecule has 3 aromatic carbocycles. The second-order valence-electron chi connectivity index (χ2n) is 8.61. The van der Waals surface area contributed by atoms with Gasteiger partial charge in [0.05, 0.1) is 0 Å². The highest BCUT2D eigenvalue weighted by atomic mass is 16.6. The fraction of sp³-hybridized carbons (Fsp3) is 0.308. The zero-order valence-electron chi connectivity index (χ0n) is 18.1. The maximum absolute atomic E-state index is 13.1. The smallest absolute Gasteiger partial charge is 0.407 e. The number of carbonyl (C=O) groups excluding carboxylic acids is 2. The Labute approximate surface area is 178 Å². The molecular formula is C26H29NO3. The summed E-state index contributed by atoms with van der Waals surface area (Å²) in [6.07, 6.45) is -0.0915. The monoisotopic (exact) mass is 403 g/mol. The number of ether oxygens (including phenoxy) is 1. The van der Waals surface area contributed by atoms with Crippen LogP contribution in [0.3, 0.4) is 0 Å². The molecule has 0 unspecified atom stereocenters. The van der Waals surface area contributed by atoms with Crippen molar-refractivity contribution in [1.29, 1.82) is 0 Å². The molecule has 4 nitrogen and oxygen atoms in total. The fourth-order valence-electron chi connectivity index (χ4n) is 3.61. The lowest BCUT2D eigenvalue weighted by Crippen LogP contribution is -2.32. The minimum absolute atomic E-state index is 0.0667. The average Bonchev–Trinajstić information content (AvgIpc) is 2.70. The predicted molar refractivity (Wildman–Crippen MR) is 121 cm³/mol. The molecule has 0 heterocycles. The van der Waals surface area contributed by atoms with Crippen LogP contribution >= 0.6 is 0 Å². The molecule has 0 radical (unpaired) electrons. The van der Waals surface area contributed by atoms with Crippen LogP contribution in [0.15, 0.2) is 66.7 Å². The summed E-state index contributed by atoms with van der Waals surface area (Å²) >= 11 is 0. The number of amides is 1. The van der Waals surface area contributed by atoms with Crippen LogP contribution < -0.4 is 5.32 Å². The summed E-state index contributed by atoms with van der Waals surface area (Å²) in [5, 5.41) is 5.10. The molecule has 1 N–H and O–H groups in total. The average molecular weight is 404 g/mol. The third-order valence-corrected chi connectivity index (χ3v) is 4.99. The Hall–Kier alpha value is -3.14. The first-order valence-electron chi connectivity index (χ1n) is 10.3. The number of hydrogen-bond donors (Lipinski definition) is 1. The first-order valence-corrected chi connectivity index (χ1v) is 10.3. The van der Waals surface area contributed by atoms with Crippen molar-refractivity contribution < 1.29 is 14.3 Å². The van der Waals surface area contributed by atoms with E-state index in [0.29, 0.717) is 12.0 Å². The van der Waals surface area contributed by atoms with Crippen molar-refractivity contribution >= 4 is 22.6 Å². The second kappa shape index (κ2) is 9.12. The Bertz CT molecular complexity index is 1040. The third kappa shape index (κ3) is 5.47. The first kappa shape index (κ1) is 21.6. The molecule has 0 saturated carbocycles. The van der Waals surface area contributed by atoms with Crippen molar-refractivity contribution in [3.8, 4) is 0 Å². The largest absolute Gasteiger partial charge is 0.444 e. The van der Waals surface area contributed by atoms with Crippen molar-refractivity contribution in [3.63, 3.8) is 0 Å². The lowest BCUT2D eigenvalue weighted by Gasteiger charge is -2.20. The van der Waals surface area contributed by atoms with Gasteiger partial charge in [-0.05, 0) is 48.6 Å². The highest BCUT2D eigenvalue weighted by Crippen LogP contribution is 2.29. The Morgan fingerprint density at radius 1 is 0.933 bits per heavy atom. The van der Waals surface area contributed by atoms with Crippen molar-refractivity contribution in [1.82, 2.24) is 5.32 Å². The number of hydrogen-bond acceptors (Lipinski definition) is 3. The van der Waals surface area contributed by atoms with Crippen LogP contribution in [0.4, 0.5) is 4.79 Å². The molecular weight excluding hydrogens is 374 g/mol. The molecule has 4 heteroatoms. The molecule has 0 spiro atoms. The molecule has 0 fully saturated rings. The van der Waals surface area contributed by atoms with Crippen LogP contribution in [0.25, 0.3) is 10.8 Å². The maximum atomic E-state index is 13.1. The standard InChI is InChI=1S/C26H29NO3/c1-18(21-15-9-12-19-10-5-7-13-22(19)21)16-24(28)23-14-8-6-11-20(23)17-27-25(29)30-26(2,3)4/h5-15,18H,16-17H2,1-4H3,(H,27,29)/t18-/m0/s1. The van der Waals surface area contributed by atoms with Gasteiger partial charge >= 0.3 is 6.09 Å². The van der Waals surface area contributed by atoms with E-state index in [2.05, 4.69) is 36.5 Å². The molecule has 156 valence electrons. The van der Waals surface area contributed by atoms with E-state index >= 15 is 0 Å². The van der Waals surface area contributed by atoms with E-state index in [-0.39, 0.29) is 18.2 Å². The van der Waals surface area contributed by atoms with Gasteiger partial charge in [0.2, 0.25) is 0 Å². The molecule has 0 aromatic heterocycles. The SMILES string of the molecule is C[C@@H](CC(=O)c1ccccc1CNC(=O)OC(C)(C)C)c1cccc2ccccc12. The molecule has 30 heavy (non-hydrogen) atoms. The molecule has 3 aromatic rings. The number of benzene rings is 3. The summed E-state index contributed by atoms with van der Waals surface area (Å²) < 4.78 is 5.29. The number of rotatable bonds is 6. The minimum Gasteiger partial charge on any atom is -0.444 e.